The lowest BCUT2D eigenvalue weighted by molar-refractivity contribution is -0.179. The molecule has 1 aliphatic heterocycles. The molecular formula is C28H30N2O11S. The zero-order valence-electron chi connectivity index (χ0n) is 23.1. The van der Waals surface area contributed by atoms with Gasteiger partial charge in [-0.3, -0.25) is 28.1 Å². The first-order valence-corrected chi connectivity index (χ1v) is 14.2. The fourth-order valence-electron chi connectivity index (χ4n) is 4.43. The number of hydrogen-bond donors (Lipinski definition) is 1. The van der Waals surface area contributed by atoms with Crippen LogP contribution in [-0.4, -0.2) is 60.9 Å². The number of esters is 2. The summed E-state index contributed by atoms with van der Waals surface area (Å²) in [5.74, 6) is -1.49. The first kappa shape index (κ1) is 30.8. The quantitative estimate of drug-likeness (QED) is 0.250. The molecule has 2 heterocycles. The Morgan fingerprint density at radius 1 is 0.976 bits per heavy atom. The van der Waals surface area contributed by atoms with Crippen molar-refractivity contribution in [1.82, 2.24) is 9.55 Å². The normalized spacial score (nSPS) is 22.0. The number of nitrogens with one attached hydrogen (secondary N) is 1. The van der Waals surface area contributed by atoms with Crippen molar-refractivity contribution >= 4 is 22.1 Å². The Bertz CT molecular complexity index is 1630. The van der Waals surface area contributed by atoms with E-state index in [4.69, 9.17) is 23.1 Å². The number of carbonyl (C=O) groups is 2. The molecule has 0 aliphatic carbocycles. The van der Waals surface area contributed by atoms with Crippen LogP contribution in [0.3, 0.4) is 0 Å². The van der Waals surface area contributed by atoms with Gasteiger partial charge in [-0.2, -0.15) is 8.42 Å². The minimum Gasteiger partial charge on any atom is -0.463 e. The van der Waals surface area contributed by atoms with E-state index < -0.39 is 70.6 Å². The second-order valence-corrected chi connectivity index (χ2v) is 11.3. The molecule has 224 valence electrons. The van der Waals surface area contributed by atoms with Crippen LogP contribution in [0.5, 0.6) is 0 Å². The highest BCUT2D eigenvalue weighted by molar-refractivity contribution is 7.86. The largest absolute Gasteiger partial charge is 0.463 e. The Hall–Kier alpha value is -4.11. The number of H-pyrrole nitrogens is 1. The predicted molar refractivity (Wildman–Crippen MR) is 146 cm³/mol. The van der Waals surface area contributed by atoms with E-state index in [-0.39, 0.29) is 11.5 Å². The van der Waals surface area contributed by atoms with Crippen molar-refractivity contribution < 1.29 is 41.1 Å². The van der Waals surface area contributed by atoms with E-state index in [9.17, 15) is 27.6 Å². The molecule has 1 saturated heterocycles. The molecule has 3 aromatic rings. The fraction of sp³-hybridized carbons (Fsp3) is 0.357. The molecule has 4 atom stereocenters. The molecule has 0 bridgehead atoms. The first-order valence-electron chi connectivity index (χ1n) is 12.8. The summed E-state index contributed by atoms with van der Waals surface area (Å²) >= 11 is 0. The maximum Gasteiger partial charge on any atom is 0.330 e. The van der Waals surface area contributed by atoms with Crippen LogP contribution in [0.25, 0.3) is 0 Å². The molecule has 1 fully saturated rings. The minimum absolute atomic E-state index is 0.0631. The minimum atomic E-state index is -4.37. The highest BCUT2D eigenvalue weighted by Crippen LogP contribution is 2.42. The predicted octanol–water partition coefficient (Wildman–Crippen LogP) is 1.60. The summed E-state index contributed by atoms with van der Waals surface area (Å²) < 4.78 is 56.0. The second-order valence-electron chi connectivity index (χ2n) is 9.69. The maximum absolute atomic E-state index is 13.2. The Balaban J connectivity index is 1.80. The number of hydrogen-bond acceptors (Lipinski definition) is 11. The van der Waals surface area contributed by atoms with Gasteiger partial charge in [0.05, 0.1) is 11.5 Å². The van der Waals surface area contributed by atoms with E-state index in [0.29, 0.717) is 5.56 Å². The van der Waals surface area contributed by atoms with E-state index in [2.05, 4.69) is 4.98 Å². The van der Waals surface area contributed by atoms with Crippen LogP contribution in [0.1, 0.15) is 31.2 Å². The van der Waals surface area contributed by atoms with Crippen LogP contribution in [0.15, 0.2) is 81.3 Å². The monoisotopic (exact) mass is 602 g/mol. The molecule has 2 aromatic carbocycles. The number of rotatable bonds is 11. The van der Waals surface area contributed by atoms with Crippen molar-refractivity contribution in [3.05, 3.63) is 98.8 Å². The Labute approximate surface area is 241 Å². The molecule has 0 unspecified atom stereocenters. The van der Waals surface area contributed by atoms with Crippen molar-refractivity contribution in [2.45, 2.75) is 56.3 Å². The summed E-state index contributed by atoms with van der Waals surface area (Å²) in [4.78, 5) is 50.7. The summed E-state index contributed by atoms with van der Waals surface area (Å²) in [6.07, 6.45) is -3.03. The zero-order valence-corrected chi connectivity index (χ0v) is 23.9. The molecule has 14 heteroatoms. The van der Waals surface area contributed by atoms with Gasteiger partial charge in [0.1, 0.15) is 19.3 Å². The SMILES string of the molecule is CC(=O)OC[C@]1(COS(=O)(=O)c2ccc(C)cc2)O[C@@H](n2ccc(=O)[nH]c2=O)[C@H](OC(C)=O)[C@@H]1OCc1ccccc1. The van der Waals surface area contributed by atoms with Crippen molar-refractivity contribution in [3.63, 3.8) is 0 Å². The Morgan fingerprint density at radius 3 is 2.29 bits per heavy atom. The van der Waals surface area contributed by atoms with Crippen molar-refractivity contribution in [2.75, 3.05) is 13.2 Å². The fourth-order valence-corrected chi connectivity index (χ4v) is 5.39. The lowest BCUT2D eigenvalue weighted by Crippen LogP contribution is -2.53. The number of aromatic nitrogens is 2. The Morgan fingerprint density at radius 2 is 1.67 bits per heavy atom. The van der Waals surface area contributed by atoms with Gasteiger partial charge in [-0.15, -0.1) is 0 Å². The van der Waals surface area contributed by atoms with Crippen LogP contribution in [-0.2, 0) is 49.4 Å². The van der Waals surface area contributed by atoms with Crippen LogP contribution >= 0.6 is 0 Å². The number of ether oxygens (including phenoxy) is 4. The molecule has 1 aliphatic rings. The van der Waals surface area contributed by atoms with E-state index in [1.807, 2.05) is 0 Å². The highest BCUT2D eigenvalue weighted by atomic mass is 32.2. The van der Waals surface area contributed by atoms with E-state index in [1.54, 1.807) is 49.4 Å². The smallest absolute Gasteiger partial charge is 0.330 e. The molecule has 0 radical (unpaired) electrons. The van der Waals surface area contributed by atoms with Gasteiger partial charge in [-0.05, 0) is 24.6 Å². The molecule has 1 N–H and O–H groups in total. The van der Waals surface area contributed by atoms with Gasteiger partial charge in [0.15, 0.2) is 17.9 Å². The van der Waals surface area contributed by atoms with Gasteiger partial charge in [-0.1, -0.05) is 48.0 Å². The third kappa shape index (κ3) is 7.20. The van der Waals surface area contributed by atoms with Gasteiger partial charge in [0.2, 0.25) is 0 Å². The second kappa shape index (κ2) is 12.8. The molecule has 0 saturated carbocycles. The van der Waals surface area contributed by atoms with Crippen molar-refractivity contribution in [1.29, 1.82) is 0 Å². The molecular weight excluding hydrogens is 572 g/mol. The zero-order chi connectivity index (χ0) is 30.5. The standard InChI is InChI=1S/C28H30N2O11S/c1-18-9-11-22(12-10-18)42(35,36)39-17-28(16-38-19(2)31)25(37-15-21-7-5-4-6-8-21)24(40-20(3)32)26(41-28)30-14-13-23(33)29-27(30)34/h4-14,24-26H,15-17H2,1-3H3,(H,29,33,34)/t24-,25+,26-,28-/m1/s1. The van der Waals surface area contributed by atoms with Crippen LogP contribution in [0.2, 0.25) is 0 Å². The molecule has 13 nitrogen and oxygen atoms in total. The number of carbonyl (C=O) groups excluding carboxylic acids is 2. The van der Waals surface area contributed by atoms with Gasteiger partial charge < -0.3 is 18.9 Å². The third-order valence-corrected chi connectivity index (χ3v) is 7.72. The number of aromatic amines is 1. The first-order chi connectivity index (χ1) is 19.9. The molecule has 4 rings (SSSR count). The summed E-state index contributed by atoms with van der Waals surface area (Å²) in [5, 5.41) is 0. The summed E-state index contributed by atoms with van der Waals surface area (Å²) in [5.41, 5.74) is -1.97. The summed E-state index contributed by atoms with van der Waals surface area (Å²) in [6, 6.07) is 15.9. The van der Waals surface area contributed by atoms with Crippen LogP contribution < -0.4 is 11.2 Å². The summed E-state index contributed by atoms with van der Waals surface area (Å²) in [6.45, 7) is 2.64. The average Bonchev–Trinajstić information content (AvgIpc) is 3.23. The van der Waals surface area contributed by atoms with E-state index >= 15 is 0 Å². The van der Waals surface area contributed by atoms with Gasteiger partial charge in [0.25, 0.3) is 15.7 Å². The number of aryl methyl sites for hydroxylation is 1. The van der Waals surface area contributed by atoms with Crippen molar-refractivity contribution in [2.24, 2.45) is 0 Å². The number of benzene rings is 2. The van der Waals surface area contributed by atoms with Gasteiger partial charge in [-0.25, -0.2) is 4.79 Å². The lowest BCUT2D eigenvalue weighted by atomic mass is 9.96. The van der Waals surface area contributed by atoms with Gasteiger partial charge in [0, 0.05) is 26.1 Å². The average molecular weight is 603 g/mol. The third-order valence-electron chi connectivity index (χ3n) is 6.44. The van der Waals surface area contributed by atoms with Gasteiger partial charge >= 0.3 is 17.6 Å². The molecule has 0 spiro atoms. The molecule has 0 amide bonds. The molecule has 1 aromatic heterocycles. The highest BCUT2D eigenvalue weighted by Gasteiger charge is 2.60. The van der Waals surface area contributed by atoms with Crippen LogP contribution in [0.4, 0.5) is 0 Å². The maximum atomic E-state index is 13.2. The number of nitrogens with zero attached hydrogens (tertiary/aromatic N) is 1. The van der Waals surface area contributed by atoms with Crippen LogP contribution in [0, 0.1) is 6.92 Å². The topological polar surface area (TPSA) is 169 Å². The summed E-state index contributed by atoms with van der Waals surface area (Å²) in [7, 11) is -4.37. The van der Waals surface area contributed by atoms with Crippen molar-refractivity contribution in [3.8, 4) is 0 Å². The van der Waals surface area contributed by atoms with E-state index in [1.165, 1.54) is 12.1 Å². The lowest BCUT2D eigenvalue weighted by Gasteiger charge is -2.33. The molecule has 42 heavy (non-hydrogen) atoms. The van der Waals surface area contributed by atoms with E-state index in [0.717, 1.165) is 36.2 Å². The Kier molecular flexibility index (Phi) is 9.41.